The molecule has 2 aromatic carbocycles. The predicted octanol–water partition coefficient (Wildman–Crippen LogP) is 4.83. The monoisotopic (exact) mass is 340 g/mol. The Morgan fingerprint density at radius 1 is 1.00 bits per heavy atom. The minimum atomic E-state index is 0.559. The lowest BCUT2D eigenvalue weighted by Gasteiger charge is -2.07. The van der Waals surface area contributed by atoms with Gasteiger partial charge in [0.25, 0.3) is 5.22 Å². The quantitative estimate of drug-likeness (QED) is 0.475. The van der Waals surface area contributed by atoms with Gasteiger partial charge in [0.15, 0.2) is 0 Å². The first-order chi connectivity index (χ1) is 11.6. The third-order valence-corrected chi connectivity index (χ3v) is 4.32. The Bertz CT molecular complexity index is 809. The van der Waals surface area contributed by atoms with Gasteiger partial charge in [-0.15, -0.1) is 10.2 Å². The standard InChI is InChI=1S/C19H20N2O2S/c1-13-10-14(2)12-16(11-13)18-20-21-19(23-18)24-9-8-22-17-7-5-4-6-15(17)3/h4-7,10-12H,8-9H2,1-3H3. The first-order valence-electron chi connectivity index (χ1n) is 7.85. The molecule has 0 aliphatic rings. The number of ether oxygens (including phenoxy) is 1. The summed E-state index contributed by atoms with van der Waals surface area (Å²) in [6.07, 6.45) is 0. The summed E-state index contributed by atoms with van der Waals surface area (Å²) in [6, 6.07) is 14.2. The fraction of sp³-hybridized carbons (Fsp3) is 0.263. The summed E-state index contributed by atoms with van der Waals surface area (Å²) in [5.74, 6) is 2.23. The zero-order valence-electron chi connectivity index (χ0n) is 14.1. The molecule has 0 atom stereocenters. The number of aromatic nitrogens is 2. The van der Waals surface area contributed by atoms with Gasteiger partial charge in [-0.1, -0.05) is 47.2 Å². The lowest BCUT2D eigenvalue weighted by atomic mass is 10.1. The van der Waals surface area contributed by atoms with Crippen LogP contribution >= 0.6 is 11.8 Å². The summed E-state index contributed by atoms with van der Waals surface area (Å²) < 4.78 is 11.5. The van der Waals surface area contributed by atoms with Gasteiger partial charge in [-0.2, -0.15) is 0 Å². The molecule has 0 fully saturated rings. The predicted molar refractivity (Wildman–Crippen MR) is 96.6 cm³/mol. The average molecular weight is 340 g/mol. The number of nitrogens with zero attached hydrogens (tertiary/aromatic N) is 2. The number of hydrogen-bond acceptors (Lipinski definition) is 5. The van der Waals surface area contributed by atoms with Crippen LogP contribution in [0.5, 0.6) is 5.75 Å². The minimum absolute atomic E-state index is 0.559. The van der Waals surface area contributed by atoms with E-state index in [0.29, 0.717) is 17.7 Å². The van der Waals surface area contributed by atoms with Gasteiger partial charge in [0.1, 0.15) is 5.75 Å². The molecule has 3 aromatic rings. The van der Waals surface area contributed by atoms with Crippen LogP contribution in [0.1, 0.15) is 16.7 Å². The van der Waals surface area contributed by atoms with E-state index in [2.05, 4.69) is 42.2 Å². The van der Waals surface area contributed by atoms with Crippen LogP contribution in [0.4, 0.5) is 0 Å². The summed E-state index contributed by atoms with van der Waals surface area (Å²) in [7, 11) is 0. The summed E-state index contributed by atoms with van der Waals surface area (Å²) >= 11 is 1.50. The Balaban J connectivity index is 1.56. The van der Waals surface area contributed by atoms with Crippen molar-refractivity contribution in [2.45, 2.75) is 26.0 Å². The fourth-order valence-electron chi connectivity index (χ4n) is 2.48. The molecule has 0 bridgehead atoms. The second-order valence-electron chi connectivity index (χ2n) is 5.71. The molecule has 0 aliphatic carbocycles. The summed E-state index contributed by atoms with van der Waals surface area (Å²) in [5.41, 5.74) is 4.47. The molecule has 0 aliphatic heterocycles. The van der Waals surface area contributed by atoms with Crippen LogP contribution in [0.3, 0.4) is 0 Å². The summed E-state index contributed by atoms with van der Waals surface area (Å²) in [4.78, 5) is 0. The molecule has 0 radical (unpaired) electrons. The van der Waals surface area contributed by atoms with Gasteiger partial charge in [0, 0.05) is 11.3 Å². The van der Waals surface area contributed by atoms with E-state index < -0.39 is 0 Å². The topological polar surface area (TPSA) is 48.2 Å². The molecule has 0 N–H and O–H groups in total. The van der Waals surface area contributed by atoms with Crippen molar-refractivity contribution in [3.8, 4) is 17.2 Å². The smallest absolute Gasteiger partial charge is 0.276 e. The van der Waals surface area contributed by atoms with E-state index in [9.17, 15) is 0 Å². The van der Waals surface area contributed by atoms with E-state index in [1.807, 2.05) is 31.2 Å². The highest BCUT2D eigenvalue weighted by Crippen LogP contribution is 2.25. The second kappa shape index (κ2) is 7.53. The normalized spacial score (nSPS) is 10.8. The fourth-order valence-corrected chi connectivity index (χ4v) is 3.06. The Kier molecular flexibility index (Phi) is 5.20. The molecule has 1 aromatic heterocycles. The molecular formula is C19H20N2O2S. The molecule has 4 nitrogen and oxygen atoms in total. The first kappa shape index (κ1) is 16.6. The van der Waals surface area contributed by atoms with Crippen molar-refractivity contribution in [1.29, 1.82) is 0 Å². The van der Waals surface area contributed by atoms with E-state index in [0.717, 1.165) is 22.6 Å². The molecule has 0 unspecified atom stereocenters. The van der Waals surface area contributed by atoms with E-state index in [-0.39, 0.29) is 0 Å². The zero-order chi connectivity index (χ0) is 16.9. The van der Waals surface area contributed by atoms with Crippen molar-refractivity contribution in [2.75, 3.05) is 12.4 Å². The number of para-hydroxylation sites is 1. The van der Waals surface area contributed by atoms with Gasteiger partial charge in [-0.3, -0.25) is 0 Å². The van der Waals surface area contributed by atoms with E-state index in [4.69, 9.17) is 9.15 Å². The number of hydrogen-bond donors (Lipinski definition) is 0. The van der Waals surface area contributed by atoms with Crippen LogP contribution in [0, 0.1) is 20.8 Å². The lowest BCUT2D eigenvalue weighted by Crippen LogP contribution is -2.01. The van der Waals surface area contributed by atoms with Gasteiger partial charge in [0.2, 0.25) is 5.89 Å². The summed E-state index contributed by atoms with van der Waals surface area (Å²) in [5, 5.41) is 8.81. The largest absolute Gasteiger partial charge is 0.492 e. The molecule has 5 heteroatoms. The van der Waals surface area contributed by atoms with Crippen LogP contribution in [0.15, 0.2) is 52.1 Å². The third-order valence-electron chi connectivity index (χ3n) is 3.54. The Labute approximate surface area is 146 Å². The molecule has 124 valence electrons. The first-order valence-corrected chi connectivity index (χ1v) is 8.84. The van der Waals surface area contributed by atoms with Gasteiger partial charge < -0.3 is 9.15 Å². The average Bonchev–Trinajstić information content (AvgIpc) is 3.01. The van der Waals surface area contributed by atoms with Crippen LogP contribution < -0.4 is 4.74 Å². The highest BCUT2D eigenvalue weighted by Gasteiger charge is 2.10. The van der Waals surface area contributed by atoms with Gasteiger partial charge in [0.05, 0.1) is 6.61 Å². The van der Waals surface area contributed by atoms with Crippen molar-refractivity contribution >= 4 is 11.8 Å². The highest BCUT2D eigenvalue weighted by molar-refractivity contribution is 7.99. The number of thioether (sulfide) groups is 1. The number of benzene rings is 2. The van der Waals surface area contributed by atoms with Crippen molar-refractivity contribution in [1.82, 2.24) is 10.2 Å². The molecule has 0 saturated heterocycles. The van der Waals surface area contributed by atoms with E-state index in [1.54, 1.807) is 0 Å². The van der Waals surface area contributed by atoms with E-state index >= 15 is 0 Å². The summed E-state index contributed by atoms with van der Waals surface area (Å²) in [6.45, 7) is 6.75. The van der Waals surface area contributed by atoms with Crippen LogP contribution in [0.2, 0.25) is 0 Å². The maximum atomic E-state index is 5.77. The zero-order valence-corrected chi connectivity index (χ0v) is 14.9. The maximum absolute atomic E-state index is 5.77. The van der Waals surface area contributed by atoms with Crippen molar-refractivity contribution in [2.24, 2.45) is 0 Å². The van der Waals surface area contributed by atoms with Crippen LogP contribution in [0.25, 0.3) is 11.5 Å². The van der Waals surface area contributed by atoms with Gasteiger partial charge >= 0.3 is 0 Å². The SMILES string of the molecule is Cc1cc(C)cc(-c2nnc(SCCOc3ccccc3C)o2)c1. The molecule has 3 rings (SSSR count). The molecule has 24 heavy (non-hydrogen) atoms. The Morgan fingerprint density at radius 2 is 1.75 bits per heavy atom. The van der Waals surface area contributed by atoms with Gasteiger partial charge in [-0.25, -0.2) is 0 Å². The van der Waals surface area contributed by atoms with Crippen LogP contribution in [-0.2, 0) is 0 Å². The second-order valence-corrected chi connectivity index (χ2v) is 6.76. The van der Waals surface area contributed by atoms with Crippen molar-refractivity contribution in [3.05, 3.63) is 59.2 Å². The van der Waals surface area contributed by atoms with Crippen LogP contribution in [-0.4, -0.2) is 22.6 Å². The highest BCUT2D eigenvalue weighted by atomic mass is 32.2. The molecule has 1 heterocycles. The Morgan fingerprint density at radius 3 is 2.50 bits per heavy atom. The van der Waals surface area contributed by atoms with Gasteiger partial charge in [-0.05, 0) is 44.5 Å². The molecular weight excluding hydrogens is 320 g/mol. The maximum Gasteiger partial charge on any atom is 0.276 e. The molecule has 0 spiro atoms. The minimum Gasteiger partial charge on any atom is -0.492 e. The Hall–Kier alpha value is -2.27. The van der Waals surface area contributed by atoms with Crippen molar-refractivity contribution in [3.63, 3.8) is 0 Å². The number of aryl methyl sites for hydroxylation is 3. The lowest BCUT2D eigenvalue weighted by molar-refractivity contribution is 0.341. The van der Waals surface area contributed by atoms with E-state index in [1.165, 1.54) is 22.9 Å². The van der Waals surface area contributed by atoms with Crippen molar-refractivity contribution < 1.29 is 9.15 Å². The molecule has 0 amide bonds. The third kappa shape index (κ3) is 4.17. The molecule has 0 saturated carbocycles. The number of rotatable bonds is 6.